The van der Waals surface area contributed by atoms with Gasteiger partial charge in [0.1, 0.15) is 0 Å². The second-order valence-electron chi connectivity index (χ2n) is 6.87. The highest BCUT2D eigenvalue weighted by Gasteiger charge is 2.14. The molecule has 0 aliphatic rings. The van der Waals surface area contributed by atoms with Crippen LogP contribution in [0.15, 0.2) is 77.9 Å². The summed E-state index contributed by atoms with van der Waals surface area (Å²) in [6.45, 7) is 2.03. The Kier molecular flexibility index (Phi) is 7.91. The van der Waals surface area contributed by atoms with Gasteiger partial charge in [0.15, 0.2) is 11.5 Å². The zero-order valence-electron chi connectivity index (χ0n) is 18.2. The molecule has 0 saturated carbocycles. The lowest BCUT2D eigenvalue weighted by Crippen LogP contribution is -2.32. The first-order chi connectivity index (χ1) is 16.0. The maximum atomic E-state index is 12.3. The fourth-order valence-electron chi connectivity index (χ4n) is 2.81. The minimum Gasteiger partial charge on any atom is -0.493 e. The van der Waals surface area contributed by atoms with Gasteiger partial charge in [0, 0.05) is 5.69 Å². The predicted molar refractivity (Wildman–Crippen MR) is 125 cm³/mol. The number of hydrogen-bond donors (Lipinski definition) is 2. The van der Waals surface area contributed by atoms with Crippen LogP contribution in [0.5, 0.6) is 11.5 Å². The molecule has 8 heteroatoms. The van der Waals surface area contributed by atoms with E-state index < -0.39 is 17.8 Å². The molecule has 33 heavy (non-hydrogen) atoms. The molecule has 168 valence electrons. The molecular weight excluding hydrogens is 422 g/mol. The average Bonchev–Trinajstić information content (AvgIpc) is 2.85. The molecule has 0 spiro atoms. The monoisotopic (exact) mass is 445 g/mol. The third kappa shape index (κ3) is 6.51. The summed E-state index contributed by atoms with van der Waals surface area (Å²) in [5.41, 5.74) is 4.78. The highest BCUT2D eigenvalue weighted by atomic mass is 16.6. The molecule has 8 nitrogen and oxygen atoms in total. The van der Waals surface area contributed by atoms with Crippen molar-refractivity contribution >= 4 is 29.7 Å². The summed E-state index contributed by atoms with van der Waals surface area (Å²) in [7, 11) is 1.44. The van der Waals surface area contributed by atoms with Crippen molar-refractivity contribution in [3.63, 3.8) is 0 Å². The first-order valence-corrected chi connectivity index (χ1v) is 10.2. The minimum atomic E-state index is -0.911. The summed E-state index contributed by atoms with van der Waals surface area (Å²) in [5.74, 6) is -1.72. The van der Waals surface area contributed by atoms with Crippen molar-refractivity contribution in [1.29, 1.82) is 0 Å². The third-order valence-corrected chi connectivity index (χ3v) is 4.61. The van der Waals surface area contributed by atoms with Crippen LogP contribution >= 0.6 is 0 Å². The Bertz CT molecular complexity index is 1160. The number of hydrogen-bond acceptors (Lipinski definition) is 6. The molecule has 0 radical (unpaired) electrons. The normalized spacial score (nSPS) is 10.5. The van der Waals surface area contributed by atoms with Crippen LogP contribution in [0.2, 0.25) is 0 Å². The predicted octanol–water partition coefficient (Wildman–Crippen LogP) is 3.57. The number of benzene rings is 3. The SMILES string of the molecule is CCc1ccc(NC(=O)C(=O)N/N=C/c2ccc(OC(=O)c3ccccc3)c(OC)c2)cc1. The van der Waals surface area contributed by atoms with Gasteiger partial charge in [-0.3, -0.25) is 9.59 Å². The van der Waals surface area contributed by atoms with Crippen LogP contribution in [-0.2, 0) is 16.0 Å². The lowest BCUT2D eigenvalue weighted by Gasteiger charge is -2.10. The van der Waals surface area contributed by atoms with E-state index in [1.54, 1.807) is 60.7 Å². The Morgan fingerprint density at radius 3 is 2.30 bits per heavy atom. The van der Waals surface area contributed by atoms with Gasteiger partial charge in [-0.15, -0.1) is 0 Å². The molecule has 2 amide bonds. The number of carbonyl (C=O) groups excluding carboxylic acids is 3. The third-order valence-electron chi connectivity index (χ3n) is 4.61. The number of methoxy groups -OCH3 is 1. The maximum absolute atomic E-state index is 12.3. The summed E-state index contributed by atoms with van der Waals surface area (Å²) in [6.07, 6.45) is 2.22. The first-order valence-electron chi connectivity index (χ1n) is 10.2. The van der Waals surface area contributed by atoms with E-state index in [9.17, 15) is 14.4 Å². The van der Waals surface area contributed by atoms with Crippen molar-refractivity contribution < 1.29 is 23.9 Å². The van der Waals surface area contributed by atoms with E-state index >= 15 is 0 Å². The Morgan fingerprint density at radius 1 is 0.909 bits per heavy atom. The van der Waals surface area contributed by atoms with Crippen LogP contribution in [0.25, 0.3) is 0 Å². The standard InChI is InChI=1S/C25H23N3O5/c1-3-17-9-12-20(13-10-17)27-23(29)24(30)28-26-16-18-11-14-21(22(15-18)32-2)33-25(31)19-7-5-4-6-8-19/h4-16H,3H2,1-2H3,(H,27,29)(H,28,30)/b26-16+. The Morgan fingerprint density at radius 2 is 1.64 bits per heavy atom. The Hall–Kier alpha value is -4.46. The van der Waals surface area contributed by atoms with Gasteiger partial charge in [-0.05, 0) is 60.0 Å². The number of hydrazone groups is 1. The maximum Gasteiger partial charge on any atom is 0.343 e. The second kappa shape index (κ2) is 11.2. The zero-order chi connectivity index (χ0) is 23.6. The molecule has 0 unspecified atom stereocenters. The van der Waals surface area contributed by atoms with E-state index in [0.717, 1.165) is 12.0 Å². The largest absolute Gasteiger partial charge is 0.493 e. The molecule has 0 fully saturated rings. The van der Waals surface area contributed by atoms with Crippen molar-refractivity contribution in [2.45, 2.75) is 13.3 Å². The van der Waals surface area contributed by atoms with Gasteiger partial charge in [0.25, 0.3) is 0 Å². The number of amides is 2. The summed E-state index contributed by atoms with van der Waals surface area (Å²) in [6, 6.07) is 20.5. The van der Waals surface area contributed by atoms with Crippen molar-refractivity contribution in [3.05, 3.63) is 89.5 Å². The first kappa shape index (κ1) is 23.2. The minimum absolute atomic E-state index is 0.237. The van der Waals surface area contributed by atoms with Crippen LogP contribution < -0.4 is 20.2 Å². The molecule has 0 saturated heterocycles. The van der Waals surface area contributed by atoms with Gasteiger partial charge in [0.2, 0.25) is 0 Å². The van der Waals surface area contributed by atoms with Crippen LogP contribution in [0.1, 0.15) is 28.4 Å². The number of esters is 1. The van der Waals surface area contributed by atoms with Crippen LogP contribution in [-0.4, -0.2) is 31.1 Å². The number of nitrogens with one attached hydrogen (secondary N) is 2. The smallest absolute Gasteiger partial charge is 0.343 e. The topological polar surface area (TPSA) is 106 Å². The van der Waals surface area contributed by atoms with Crippen molar-refractivity contribution in [1.82, 2.24) is 5.43 Å². The van der Waals surface area contributed by atoms with Crippen LogP contribution in [0.4, 0.5) is 5.69 Å². The number of carbonyl (C=O) groups is 3. The van der Waals surface area contributed by atoms with Crippen LogP contribution in [0, 0.1) is 0 Å². The van der Waals surface area contributed by atoms with Gasteiger partial charge in [-0.1, -0.05) is 37.3 Å². The lowest BCUT2D eigenvalue weighted by atomic mass is 10.1. The number of anilines is 1. The molecule has 0 aliphatic carbocycles. The van der Waals surface area contributed by atoms with E-state index in [4.69, 9.17) is 9.47 Å². The molecule has 0 heterocycles. The quantitative estimate of drug-likeness (QED) is 0.190. The summed E-state index contributed by atoms with van der Waals surface area (Å²) in [4.78, 5) is 36.2. The molecule has 3 aromatic rings. The van der Waals surface area contributed by atoms with Crippen LogP contribution in [0.3, 0.4) is 0 Å². The van der Waals surface area contributed by atoms with E-state index in [1.165, 1.54) is 13.3 Å². The molecule has 0 aliphatic heterocycles. The van der Waals surface area contributed by atoms with Gasteiger partial charge >= 0.3 is 17.8 Å². The van der Waals surface area contributed by atoms with E-state index in [-0.39, 0.29) is 5.75 Å². The average molecular weight is 445 g/mol. The number of nitrogens with zero attached hydrogens (tertiary/aromatic N) is 1. The fraction of sp³-hybridized carbons (Fsp3) is 0.120. The molecular formula is C25H23N3O5. The second-order valence-corrected chi connectivity index (χ2v) is 6.87. The molecule has 0 atom stereocenters. The summed E-state index contributed by atoms with van der Waals surface area (Å²) in [5, 5.41) is 6.30. The number of aryl methyl sites for hydroxylation is 1. The van der Waals surface area contributed by atoms with Crippen molar-refractivity contribution in [3.8, 4) is 11.5 Å². The van der Waals surface area contributed by atoms with Gasteiger partial charge in [0.05, 0.1) is 18.9 Å². The number of rotatable bonds is 7. The number of ether oxygens (including phenoxy) is 2. The molecule has 0 bridgehead atoms. The molecule has 3 rings (SSSR count). The van der Waals surface area contributed by atoms with Gasteiger partial charge in [-0.2, -0.15) is 5.10 Å². The van der Waals surface area contributed by atoms with Crippen molar-refractivity contribution in [2.75, 3.05) is 12.4 Å². The summed E-state index contributed by atoms with van der Waals surface area (Å²) >= 11 is 0. The molecule has 0 aromatic heterocycles. The summed E-state index contributed by atoms with van der Waals surface area (Å²) < 4.78 is 10.7. The highest BCUT2D eigenvalue weighted by molar-refractivity contribution is 6.39. The molecule has 2 N–H and O–H groups in total. The zero-order valence-corrected chi connectivity index (χ0v) is 18.2. The van der Waals surface area contributed by atoms with Gasteiger partial charge < -0.3 is 14.8 Å². The highest BCUT2D eigenvalue weighted by Crippen LogP contribution is 2.28. The fourth-order valence-corrected chi connectivity index (χ4v) is 2.81. The van der Waals surface area contributed by atoms with E-state index in [1.807, 2.05) is 19.1 Å². The van der Waals surface area contributed by atoms with E-state index in [2.05, 4.69) is 15.8 Å². The Balaban J connectivity index is 1.58. The van der Waals surface area contributed by atoms with E-state index in [0.29, 0.717) is 22.6 Å². The Labute approximate surface area is 191 Å². The van der Waals surface area contributed by atoms with Gasteiger partial charge in [-0.25, -0.2) is 10.2 Å². The lowest BCUT2D eigenvalue weighted by molar-refractivity contribution is -0.136. The molecule has 3 aromatic carbocycles. The van der Waals surface area contributed by atoms with Crippen molar-refractivity contribution in [2.24, 2.45) is 5.10 Å².